The maximum absolute atomic E-state index is 12.2. The summed E-state index contributed by atoms with van der Waals surface area (Å²) in [4.78, 5) is 12.2. The summed E-state index contributed by atoms with van der Waals surface area (Å²) < 4.78 is 11.4. The van der Waals surface area contributed by atoms with Crippen LogP contribution in [0.5, 0.6) is 5.75 Å². The zero-order valence-electron chi connectivity index (χ0n) is 15.5. The van der Waals surface area contributed by atoms with E-state index in [4.69, 9.17) is 9.47 Å². The smallest absolute Gasteiger partial charge is 0.260 e. The summed E-state index contributed by atoms with van der Waals surface area (Å²) >= 11 is 0. The highest BCUT2D eigenvalue weighted by molar-refractivity contribution is 5.80. The molecule has 0 aliphatic rings. The maximum Gasteiger partial charge on any atom is 0.260 e. The molecule has 0 radical (unpaired) electrons. The largest absolute Gasteiger partial charge is 0.481 e. The highest BCUT2D eigenvalue weighted by Crippen LogP contribution is 2.24. The zero-order valence-corrected chi connectivity index (χ0v) is 15.5. The van der Waals surface area contributed by atoms with E-state index in [1.807, 2.05) is 57.2 Å². The molecule has 0 bridgehead atoms. The molecule has 2 rings (SSSR count). The van der Waals surface area contributed by atoms with Crippen LogP contribution >= 0.6 is 0 Å². The highest BCUT2D eigenvalue weighted by atomic mass is 16.5. The van der Waals surface area contributed by atoms with Gasteiger partial charge in [0.25, 0.3) is 5.91 Å². The van der Waals surface area contributed by atoms with Crippen molar-refractivity contribution in [3.8, 4) is 5.75 Å². The van der Waals surface area contributed by atoms with Crippen LogP contribution in [0.3, 0.4) is 0 Å². The molecule has 2 aromatic carbocycles. The molecule has 1 amide bonds. The third-order valence-corrected chi connectivity index (χ3v) is 4.09. The lowest BCUT2D eigenvalue weighted by atomic mass is 10.1. The number of amides is 1. The van der Waals surface area contributed by atoms with Gasteiger partial charge in [-0.25, -0.2) is 0 Å². The Kier molecular flexibility index (Phi) is 7.02. The van der Waals surface area contributed by atoms with Crippen LogP contribution in [0, 0.1) is 20.8 Å². The van der Waals surface area contributed by atoms with E-state index in [1.54, 1.807) is 6.92 Å². The van der Waals surface area contributed by atoms with Crippen molar-refractivity contribution in [3.05, 3.63) is 64.7 Å². The van der Waals surface area contributed by atoms with Crippen LogP contribution in [-0.4, -0.2) is 25.2 Å². The van der Waals surface area contributed by atoms with Crippen molar-refractivity contribution in [2.45, 2.75) is 40.4 Å². The second-order valence-electron chi connectivity index (χ2n) is 6.29. The van der Waals surface area contributed by atoms with Crippen molar-refractivity contribution in [3.63, 3.8) is 0 Å². The molecule has 4 heteroatoms. The lowest BCUT2D eigenvalue weighted by Crippen LogP contribution is -2.38. The van der Waals surface area contributed by atoms with Crippen LogP contribution in [0.1, 0.15) is 29.2 Å². The first kappa shape index (κ1) is 19.0. The molecule has 0 aromatic heterocycles. The molecule has 0 heterocycles. The van der Waals surface area contributed by atoms with Gasteiger partial charge in [-0.1, -0.05) is 36.4 Å². The summed E-state index contributed by atoms with van der Waals surface area (Å²) in [5, 5.41) is 2.85. The summed E-state index contributed by atoms with van der Waals surface area (Å²) in [7, 11) is 0. The van der Waals surface area contributed by atoms with Crippen molar-refractivity contribution < 1.29 is 14.3 Å². The summed E-state index contributed by atoms with van der Waals surface area (Å²) in [5.74, 6) is 0.627. The molecule has 0 unspecified atom stereocenters. The molecule has 1 atom stereocenters. The van der Waals surface area contributed by atoms with Gasteiger partial charge in [0, 0.05) is 6.54 Å². The normalized spacial score (nSPS) is 11.8. The van der Waals surface area contributed by atoms with Gasteiger partial charge in [-0.2, -0.15) is 0 Å². The van der Waals surface area contributed by atoms with Gasteiger partial charge >= 0.3 is 0 Å². The van der Waals surface area contributed by atoms with Crippen molar-refractivity contribution in [1.29, 1.82) is 0 Å². The number of nitrogens with one attached hydrogen (secondary N) is 1. The predicted octanol–water partition coefficient (Wildman–Crippen LogP) is 3.71. The quantitative estimate of drug-likeness (QED) is 0.745. The Morgan fingerprint density at radius 2 is 1.84 bits per heavy atom. The molecule has 134 valence electrons. The third kappa shape index (κ3) is 5.91. The van der Waals surface area contributed by atoms with Gasteiger partial charge in [0.2, 0.25) is 0 Å². The fourth-order valence-corrected chi connectivity index (χ4v) is 2.52. The van der Waals surface area contributed by atoms with Crippen molar-refractivity contribution in [1.82, 2.24) is 5.32 Å². The van der Waals surface area contributed by atoms with E-state index in [9.17, 15) is 4.79 Å². The van der Waals surface area contributed by atoms with Gasteiger partial charge in [-0.3, -0.25) is 4.79 Å². The lowest BCUT2D eigenvalue weighted by Gasteiger charge is -2.18. The van der Waals surface area contributed by atoms with Crippen molar-refractivity contribution in [2.24, 2.45) is 0 Å². The van der Waals surface area contributed by atoms with E-state index in [1.165, 1.54) is 0 Å². The van der Waals surface area contributed by atoms with Gasteiger partial charge in [0.15, 0.2) is 6.10 Å². The van der Waals surface area contributed by atoms with Crippen LogP contribution < -0.4 is 10.1 Å². The Hall–Kier alpha value is -2.33. The number of benzene rings is 2. The Morgan fingerprint density at radius 3 is 2.56 bits per heavy atom. The number of hydrogen-bond donors (Lipinski definition) is 1. The van der Waals surface area contributed by atoms with E-state index in [0.29, 0.717) is 19.8 Å². The van der Waals surface area contributed by atoms with Crippen LogP contribution in [0.25, 0.3) is 0 Å². The summed E-state index contributed by atoms with van der Waals surface area (Å²) in [6, 6.07) is 14.0. The maximum atomic E-state index is 12.2. The fraction of sp³-hybridized carbons (Fsp3) is 0.381. The van der Waals surface area contributed by atoms with Gasteiger partial charge in [-0.15, -0.1) is 0 Å². The predicted molar refractivity (Wildman–Crippen MR) is 99.9 cm³/mol. The minimum absolute atomic E-state index is 0.137. The monoisotopic (exact) mass is 341 g/mol. The zero-order chi connectivity index (χ0) is 18.2. The number of hydrogen-bond acceptors (Lipinski definition) is 3. The first-order chi connectivity index (χ1) is 12.0. The van der Waals surface area contributed by atoms with E-state index in [-0.39, 0.29) is 5.91 Å². The van der Waals surface area contributed by atoms with Gasteiger partial charge in [-0.05, 0) is 56.0 Å². The first-order valence-electron chi connectivity index (χ1n) is 8.61. The third-order valence-electron chi connectivity index (χ3n) is 4.09. The molecule has 0 aliphatic heterocycles. The molecular weight excluding hydrogens is 314 g/mol. The molecule has 25 heavy (non-hydrogen) atoms. The SMILES string of the molecule is Cc1cc(C)c(C)c(O[C@@H](C)C(=O)NCCOCc2ccccc2)c1. The number of ether oxygens (including phenoxy) is 2. The second-order valence-corrected chi connectivity index (χ2v) is 6.29. The highest BCUT2D eigenvalue weighted by Gasteiger charge is 2.16. The molecule has 0 aliphatic carbocycles. The first-order valence-corrected chi connectivity index (χ1v) is 8.61. The van der Waals surface area contributed by atoms with Gasteiger partial charge in [0.1, 0.15) is 5.75 Å². The summed E-state index contributed by atoms with van der Waals surface area (Å²) in [5.41, 5.74) is 4.48. The Labute approximate surface area is 150 Å². The average Bonchev–Trinajstić information content (AvgIpc) is 2.59. The van der Waals surface area contributed by atoms with Crippen molar-refractivity contribution >= 4 is 5.91 Å². The number of carbonyl (C=O) groups is 1. The molecule has 1 N–H and O–H groups in total. The Balaban J connectivity index is 1.73. The fourth-order valence-electron chi connectivity index (χ4n) is 2.52. The topological polar surface area (TPSA) is 47.6 Å². The number of rotatable bonds is 8. The number of carbonyl (C=O) groups excluding carboxylic acids is 1. The Bertz CT molecular complexity index is 698. The second kappa shape index (κ2) is 9.23. The minimum atomic E-state index is -0.547. The van der Waals surface area contributed by atoms with Crippen LogP contribution in [0.4, 0.5) is 0 Å². The molecule has 0 spiro atoms. The van der Waals surface area contributed by atoms with Crippen molar-refractivity contribution in [2.75, 3.05) is 13.2 Å². The summed E-state index contributed by atoms with van der Waals surface area (Å²) in [6.07, 6.45) is -0.547. The lowest BCUT2D eigenvalue weighted by molar-refractivity contribution is -0.127. The number of aryl methyl sites for hydroxylation is 2. The van der Waals surface area contributed by atoms with Crippen LogP contribution in [0.15, 0.2) is 42.5 Å². The molecule has 4 nitrogen and oxygen atoms in total. The molecule has 2 aromatic rings. The molecule has 0 fully saturated rings. The minimum Gasteiger partial charge on any atom is -0.481 e. The van der Waals surface area contributed by atoms with E-state index < -0.39 is 6.10 Å². The van der Waals surface area contributed by atoms with Gasteiger partial charge in [0.05, 0.1) is 13.2 Å². The average molecular weight is 341 g/mol. The standard InChI is InChI=1S/C21H27NO3/c1-15-12-16(2)17(3)20(13-15)25-18(4)21(23)22-10-11-24-14-19-8-6-5-7-9-19/h5-9,12-13,18H,10-11,14H2,1-4H3,(H,22,23)/t18-/m0/s1. The van der Waals surface area contributed by atoms with Gasteiger partial charge < -0.3 is 14.8 Å². The Morgan fingerprint density at radius 1 is 1.12 bits per heavy atom. The molecular formula is C21H27NO3. The van der Waals surface area contributed by atoms with E-state index in [2.05, 4.69) is 11.4 Å². The molecule has 0 saturated heterocycles. The molecule has 0 saturated carbocycles. The van der Waals surface area contributed by atoms with E-state index in [0.717, 1.165) is 28.0 Å². The van der Waals surface area contributed by atoms with Crippen LogP contribution in [0.2, 0.25) is 0 Å². The van der Waals surface area contributed by atoms with E-state index >= 15 is 0 Å². The van der Waals surface area contributed by atoms with Crippen LogP contribution in [-0.2, 0) is 16.1 Å². The summed E-state index contributed by atoms with van der Waals surface area (Å²) in [6.45, 7) is 9.31.